The number of likely N-dealkylation sites (N-methyl/N-ethyl adjacent to an activating group) is 1. The molecule has 2 N–H and O–H groups in total. The van der Waals surface area contributed by atoms with Crippen LogP contribution < -0.4 is 5.73 Å². The lowest BCUT2D eigenvalue weighted by Gasteiger charge is -2.12. The molecule has 0 aromatic heterocycles. The largest absolute Gasteiger partial charge is 0.366 e. The van der Waals surface area contributed by atoms with Gasteiger partial charge < -0.3 is 10.6 Å². The fourth-order valence-electron chi connectivity index (χ4n) is 0.848. The van der Waals surface area contributed by atoms with E-state index in [1.165, 1.54) is 4.90 Å². The van der Waals surface area contributed by atoms with Crippen LogP contribution in [0.2, 0.25) is 0 Å². The van der Waals surface area contributed by atoms with Gasteiger partial charge in [-0.25, -0.2) is 0 Å². The van der Waals surface area contributed by atoms with Crippen molar-refractivity contribution >= 4 is 11.8 Å². The SMILES string of the molecule is C=C(CCC(=C)C(=O)N(C)C)C(N)=O. The smallest absolute Gasteiger partial charge is 0.248 e. The summed E-state index contributed by atoms with van der Waals surface area (Å²) >= 11 is 0. The van der Waals surface area contributed by atoms with E-state index >= 15 is 0 Å². The van der Waals surface area contributed by atoms with Crippen LogP contribution in [0.4, 0.5) is 0 Å². The monoisotopic (exact) mass is 196 g/mol. The summed E-state index contributed by atoms with van der Waals surface area (Å²) in [5.41, 5.74) is 5.77. The van der Waals surface area contributed by atoms with Gasteiger partial charge in [0.2, 0.25) is 11.8 Å². The lowest BCUT2D eigenvalue weighted by atomic mass is 10.1. The second-order valence-corrected chi connectivity index (χ2v) is 3.27. The van der Waals surface area contributed by atoms with Gasteiger partial charge in [-0.1, -0.05) is 13.2 Å². The van der Waals surface area contributed by atoms with E-state index in [0.29, 0.717) is 24.0 Å². The van der Waals surface area contributed by atoms with Crippen LogP contribution in [-0.4, -0.2) is 30.8 Å². The number of primary amides is 1. The van der Waals surface area contributed by atoms with Gasteiger partial charge in [0.05, 0.1) is 0 Å². The zero-order chi connectivity index (χ0) is 11.3. The van der Waals surface area contributed by atoms with Crippen molar-refractivity contribution < 1.29 is 9.59 Å². The number of hydrogen-bond acceptors (Lipinski definition) is 2. The summed E-state index contributed by atoms with van der Waals surface area (Å²) in [6, 6.07) is 0. The van der Waals surface area contributed by atoms with Gasteiger partial charge in [0.1, 0.15) is 0 Å². The molecule has 0 aliphatic rings. The highest BCUT2D eigenvalue weighted by atomic mass is 16.2. The van der Waals surface area contributed by atoms with Crippen LogP contribution in [0.3, 0.4) is 0 Å². The van der Waals surface area contributed by atoms with Gasteiger partial charge in [0, 0.05) is 25.2 Å². The Morgan fingerprint density at radius 2 is 1.57 bits per heavy atom. The van der Waals surface area contributed by atoms with Gasteiger partial charge in [-0.05, 0) is 12.8 Å². The molecule has 4 heteroatoms. The molecule has 0 bridgehead atoms. The van der Waals surface area contributed by atoms with Crippen molar-refractivity contribution in [3.63, 3.8) is 0 Å². The van der Waals surface area contributed by atoms with E-state index in [-0.39, 0.29) is 5.91 Å². The Kier molecular flexibility index (Phi) is 4.63. The zero-order valence-corrected chi connectivity index (χ0v) is 8.67. The predicted octanol–water partition coefficient (Wildman–Crippen LogP) is 0.453. The van der Waals surface area contributed by atoms with Crippen LogP contribution in [0, 0.1) is 0 Å². The summed E-state index contributed by atoms with van der Waals surface area (Å²) in [7, 11) is 3.30. The van der Waals surface area contributed by atoms with Crippen LogP contribution in [0.5, 0.6) is 0 Å². The molecule has 0 heterocycles. The molecule has 0 aliphatic heterocycles. The van der Waals surface area contributed by atoms with Crippen molar-refractivity contribution in [2.45, 2.75) is 12.8 Å². The Morgan fingerprint density at radius 1 is 1.14 bits per heavy atom. The Labute approximate surface area is 84.1 Å². The van der Waals surface area contributed by atoms with E-state index in [9.17, 15) is 9.59 Å². The summed E-state index contributed by atoms with van der Waals surface area (Å²) in [6.07, 6.45) is 0.798. The molecule has 0 atom stereocenters. The van der Waals surface area contributed by atoms with Crippen molar-refractivity contribution in [3.05, 3.63) is 24.3 Å². The molecule has 0 aliphatic carbocycles. The molecule has 0 aromatic rings. The molecular weight excluding hydrogens is 180 g/mol. The Bertz CT molecular complexity index is 280. The second kappa shape index (κ2) is 5.21. The maximum Gasteiger partial charge on any atom is 0.248 e. The molecule has 2 amide bonds. The predicted molar refractivity (Wildman–Crippen MR) is 55.4 cm³/mol. The molecule has 0 fully saturated rings. The van der Waals surface area contributed by atoms with Gasteiger partial charge in [-0.2, -0.15) is 0 Å². The number of hydrogen-bond donors (Lipinski definition) is 1. The summed E-state index contributed by atoms with van der Waals surface area (Å²) in [5, 5.41) is 0. The normalized spacial score (nSPS) is 9.29. The first-order chi connectivity index (χ1) is 6.36. The summed E-state index contributed by atoms with van der Waals surface area (Å²) in [4.78, 5) is 23.4. The van der Waals surface area contributed by atoms with Crippen LogP contribution in [0.15, 0.2) is 24.3 Å². The number of amides is 2. The molecule has 0 saturated carbocycles. The lowest BCUT2D eigenvalue weighted by Crippen LogP contribution is -2.23. The van der Waals surface area contributed by atoms with E-state index in [0.717, 1.165) is 0 Å². The van der Waals surface area contributed by atoms with E-state index in [2.05, 4.69) is 13.2 Å². The minimum absolute atomic E-state index is 0.137. The molecule has 0 aromatic carbocycles. The number of carbonyl (C=O) groups excluding carboxylic acids is 2. The van der Waals surface area contributed by atoms with Crippen molar-refractivity contribution in [2.75, 3.05) is 14.1 Å². The van der Waals surface area contributed by atoms with E-state index in [4.69, 9.17) is 5.73 Å². The molecule has 0 saturated heterocycles. The second-order valence-electron chi connectivity index (χ2n) is 3.27. The lowest BCUT2D eigenvalue weighted by molar-refractivity contribution is -0.125. The average Bonchev–Trinajstić information content (AvgIpc) is 2.11. The van der Waals surface area contributed by atoms with E-state index in [1.54, 1.807) is 14.1 Å². The van der Waals surface area contributed by atoms with Crippen molar-refractivity contribution in [1.29, 1.82) is 0 Å². The van der Waals surface area contributed by atoms with Gasteiger partial charge in [0.15, 0.2) is 0 Å². The summed E-state index contributed by atoms with van der Waals surface area (Å²) in [6.45, 7) is 7.11. The first-order valence-electron chi connectivity index (χ1n) is 4.23. The third-order valence-corrected chi connectivity index (χ3v) is 1.79. The maximum atomic E-state index is 11.3. The minimum Gasteiger partial charge on any atom is -0.366 e. The molecule has 0 rings (SSSR count). The average molecular weight is 196 g/mol. The highest BCUT2D eigenvalue weighted by Gasteiger charge is 2.10. The highest BCUT2D eigenvalue weighted by Crippen LogP contribution is 2.09. The summed E-state index contributed by atoms with van der Waals surface area (Å²) in [5.74, 6) is -0.669. The minimum atomic E-state index is -0.532. The van der Waals surface area contributed by atoms with Crippen LogP contribution in [0.25, 0.3) is 0 Å². The van der Waals surface area contributed by atoms with Gasteiger partial charge in [-0.15, -0.1) is 0 Å². The zero-order valence-electron chi connectivity index (χ0n) is 8.67. The summed E-state index contributed by atoms with van der Waals surface area (Å²) < 4.78 is 0. The van der Waals surface area contributed by atoms with Crippen molar-refractivity contribution in [1.82, 2.24) is 4.90 Å². The Morgan fingerprint density at radius 3 is 1.93 bits per heavy atom. The quantitative estimate of drug-likeness (QED) is 0.649. The molecule has 0 unspecified atom stereocenters. The third kappa shape index (κ3) is 3.89. The fraction of sp³-hybridized carbons (Fsp3) is 0.400. The first-order valence-corrected chi connectivity index (χ1v) is 4.23. The standard InChI is InChI=1S/C10H16N2O2/c1-7(9(11)13)5-6-8(2)10(14)12(3)4/h1-2,5-6H2,3-4H3,(H2,11,13). The van der Waals surface area contributed by atoms with Crippen LogP contribution in [-0.2, 0) is 9.59 Å². The molecular formula is C10H16N2O2. The van der Waals surface area contributed by atoms with Crippen LogP contribution in [0.1, 0.15) is 12.8 Å². The number of rotatable bonds is 5. The first kappa shape index (κ1) is 12.4. The van der Waals surface area contributed by atoms with Gasteiger partial charge >= 0.3 is 0 Å². The van der Waals surface area contributed by atoms with E-state index in [1.807, 2.05) is 0 Å². The maximum absolute atomic E-state index is 11.3. The number of carbonyl (C=O) groups is 2. The third-order valence-electron chi connectivity index (χ3n) is 1.79. The Hall–Kier alpha value is -1.58. The van der Waals surface area contributed by atoms with Gasteiger partial charge in [-0.3, -0.25) is 9.59 Å². The molecule has 4 nitrogen and oxygen atoms in total. The molecule has 0 spiro atoms. The molecule has 78 valence electrons. The van der Waals surface area contributed by atoms with Gasteiger partial charge in [0.25, 0.3) is 0 Å². The number of nitrogens with zero attached hydrogens (tertiary/aromatic N) is 1. The number of nitrogens with two attached hydrogens (primary N) is 1. The van der Waals surface area contributed by atoms with Crippen molar-refractivity contribution in [3.8, 4) is 0 Å². The van der Waals surface area contributed by atoms with Crippen LogP contribution >= 0.6 is 0 Å². The van der Waals surface area contributed by atoms with E-state index < -0.39 is 5.91 Å². The topological polar surface area (TPSA) is 63.4 Å². The molecule has 14 heavy (non-hydrogen) atoms. The highest BCUT2D eigenvalue weighted by molar-refractivity contribution is 5.93. The molecule has 0 radical (unpaired) electrons. The fourth-order valence-corrected chi connectivity index (χ4v) is 0.848. The Balaban J connectivity index is 4.04. The van der Waals surface area contributed by atoms with Crippen molar-refractivity contribution in [2.24, 2.45) is 5.73 Å².